The minimum absolute atomic E-state index is 0.308. The van der Waals surface area contributed by atoms with Crippen LogP contribution in [-0.4, -0.2) is 20.0 Å². The molecule has 186 valence electrons. The van der Waals surface area contributed by atoms with E-state index < -0.39 is 0 Å². The van der Waals surface area contributed by atoms with Gasteiger partial charge in [0, 0.05) is 11.6 Å². The molecule has 0 aliphatic heterocycles. The third-order valence-electron chi connectivity index (χ3n) is 5.77. The van der Waals surface area contributed by atoms with Crippen molar-refractivity contribution >= 4 is 5.78 Å². The zero-order valence-electron chi connectivity index (χ0n) is 21.1. The molecular formula is C32H28O5. The standard InChI is InChI=1S/C32H28O5/c1-23-30(34-2)19-15-26(32(23)35-3)14-18-29(33)28-17-16-27(36-21-24-10-6-4-7-11-24)20-31(28)37-22-25-12-8-5-9-13-25/h4-13,15-17,19-20H,21-22H2,1-3H3. The molecule has 0 aliphatic rings. The van der Waals surface area contributed by atoms with Crippen LogP contribution >= 0.6 is 0 Å². The summed E-state index contributed by atoms with van der Waals surface area (Å²) in [5.74, 6) is 7.60. The largest absolute Gasteiger partial charge is 0.496 e. The Hall–Kier alpha value is -4.69. The zero-order chi connectivity index (χ0) is 26.0. The van der Waals surface area contributed by atoms with Gasteiger partial charge in [-0.05, 0) is 48.2 Å². The van der Waals surface area contributed by atoms with Gasteiger partial charge in [0.15, 0.2) is 0 Å². The number of ether oxygens (including phenoxy) is 4. The minimum atomic E-state index is -0.367. The summed E-state index contributed by atoms with van der Waals surface area (Å²) in [6, 6.07) is 28.4. The molecule has 0 bridgehead atoms. The first-order chi connectivity index (χ1) is 18.1. The predicted molar refractivity (Wildman–Crippen MR) is 143 cm³/mol. The second kappa shape index (κ2) is 12.3. The molecule has 5 nitrogen and oxygen atoms in total. The highest BCUT2D eigenvalue weighted by atomic mass is 16.5. The Bertz CT molecular complexity index is 1420. The van der Waals surface area contributed by atoms with Gasteiger partial charge in [-0.25, -0.2) is 0 Å². The second-order valence-electron chi connectivity index (χ2n) is 8.26. The first kappa shape index (κ1) is 25.4. The van der Waals surface area contributed by atoms with Crippen LogP contribution < -0.4 is 18.9 Å². The molecule has 0 amide bonds. The Kier molecular flexibility index (Phi) is 8.46. The van der Waals surface area contributed by atoms with Crippen molar-refractivity contribution < 1.29 is 23.7 Å². The zero-order valence-corrected chi connectivity index (χ0v) is 21.1. The van der Waals surface area contributed by atoms with Crippen molar-refractivity contribution in [2.24, 2.45) is 0 Å². The molecule has 0 atom stereocenters. The Labute approximate surface area is 217 Å². The van der Waals surface area contributed by atoms with Crippen LogP contribution in [0.4, 0.5) is 0 Å². The van der Waals surface area contributed by atoms with E-state index in [-0.39, 0.29) is 5.78 Å². The summed E-state index contributed by atoms with van der Waals surface area (Å²) < 4.78 is 22.9. The molecule has 4 aromatic carbocycles. The van der Waals surface area contributed by atoms with Crippen LogP contribution in [0.1, 0.15) is 32.6 Å². The van der Waals surface area contributed by atoms with Crippen molar-refractivity contribution in [3.05, 3.63) is 119 Å². The number of ketones is 1. The number of benzene rings is 4. The molecule has 0 fully saturated rings. The number of carbonyl (C=O) groups is 1. The van der Waals surface area contributed by atoms with Crippen molar-refractivity contribution in [1.82, 2.24) is 0 Å². The van der Waals surface area contributed by atoms with Gasteiger partial charge in [0.25, 0.3) is 0 Å². The van der Waals surface area contributed by atoms with Crippen molar-refractivity contribution in [2.75, 3.05) is 14.2 Å². The monoisotopic (exact) mass is 492 g/mol. The molecule has 5 heteroatoms. The molecule has 0 heterocycles. The van der Waals surface area contributed by atoms with Crippen molar-refractivity contribution in [2.45, 2.75) is 20.1 Å². The molecule has 0 N–H and O–H groups in total. The third-order valence-corrected chi connectivity index (χ3v) is 5.77. The van der Waals surface area contributed by atoms with E-state index in [0.29, 0.717) is 47.3 Å². The number of methoxy groups -OCH3 is 2. The van der Waals surface area contributed by atoms with E-state index >= 15 is 0 Å². The van der Waals surface area contributed by atoms with Crippen molar-refractivity contribution in [1.29, 1.82) is 0 Å². The maximum atomic E-state index is 13.2. The van der Waals surface area contributed by atoms with Crippen LogP contribution in [-0.2, 0) is 13.2 Å². The lowest BCUT2D eigenvalue weighted by Gasteiger charge is -2.13. The summed E-state index contributed by atoms with van der Waals surface area (Å²) in [7, 11) is 3.17. The highest BCUT2D eigenvalue weighted by Gasteiger charge is 2.14. The number of hydrogen-bond donors (Lipinski definition) is 0. The molecule has 4 rings (SSSR count). The van der Waals surface area contributed by atoms with Crippen LogP contribution in [0, 0.1) is 18.8 Å². The Morgan fingerprint density at radius 2 is 1.38 bits per heavy atom. The summed E-state index contributed by atoms with van der Waals surface area (Å²) in [4.78, 5) is 13.2. The van der Waals surface area contributed by atoms with E-state index in [2.05, 4.69) is 11.8 Å². The predicted octanol–water partition coefficient (Wildman–Crippen LogP) is 6.40. The normalized spacial score (nSPS) is 10.1. The van der Waals surface area contributed by atoms with Gasteiger partial charge in [0.1, 0.15) is 36.2 Å². The molecule has 0 aliphatic carbocycles. The molecular weight excluding hydrogens is 464 g/mol. The van der Waals surface area contributed by atoms with E-state index in [0.717, 1.165) is 16.7 Å². The van der Waals surface area contributed by atoms with E-state index in [1.807, 2.05) is 67.6 Å². The topological polar surface area (TPSA) is 54.0 Å². The van der Waals surface area contributed by atoms with Gasteiger partial charge in [-0.3, -0.25) is 4.79 Å². The van der Waals surface area contributed by atoms with Crippen LogP contribution in [0.5, 0.6) is 23.0 Å². The van der Waals surface area contributed by atoms with E-state index in [4.69, 9.17) is 18.9 Å². The lowest BCUT2D eigenvalue weighted by Crippen LogP contribution is -2.04. The molecule has 0 aromatic heterocycles. The summed E-state index contributed by atoms with van der Waals surface area (Å²) in [5.41, 5.74) is 3.81. The first-order valence-electron chi connectivity index (χ1n) is 11.8. The van der Waals surface area contributed by atoms with Crippen LogP contribution in [0.2, 0.25) is 0 Å². The highest BCUT2D eigenvalue weighted by Crippen LogP contribution is 2.31. The average molecular weight is 493 g/mol. The average Bonchev–Trinajstić information content (AvgIpc) is 2.95. The molecule has 37 heavy (non-hydrogen) atoms. The lowest BCUT2D eigenvalue weighted by atomic mass is 10.1. The van der Waals surface area contributed by atoms with E-state index in [1.54, 1.807) is 44.6 Å². The smallest absolute Gasteiger partial charge is 0.239 e. The first-order valence-corrected chi connectivity index (χ1v) is 11.8. The summed E-state index contributed by atoms with van der Waals surface area (Å²) >= 11 is 0. The fourth-order valence-electron chi connectivity index (χ4n) is 3.82. The van der Waals surface area contributed by atoms with Crippen molar-refractivity contribution in [3.63, 3.8) is 0 Å². The molecule has 4 aromatic rings. The summed E-state index contributed by atoms with van der Waals surface area (Å²) in [6.45, 7) is 2.60. The molecule has 0 saturated heterocycles. The molecule has 0 saturated carbocycles. The molecule has 0 radical (unpaired) electrons. The maximum Gasteiger partial charge on any atom is 0.239 e. The molecule has 0 unspecified atom stereocenters. The summed E-state index contributed by atoms with van der Waals surface area (Å²) in [6.07, 6.45) is 0. The number of rotatable bonds is 9. The minimum Gasteiger partial charge on any atom is -0.496 e. The quantitative estimate of drug-likeness (QED) is 0.200. The van der Waals surface area contributed by atoms with Crippen LogP contribution in [0.15, 0.2) is 91.0 Å². The van der Waals surface area contributed by atoms with Crippen LogP contribution in [0.25, 0.3) is 0 Å². The second-order valence-corrected chi connectivity index (χ2v) is 8.26. The van der Waals surface area contributed by atoms with E-state index in [9.17, 15) is 4.79 Å². The maximum absolute atomic E-state index is 13.2. The van der Waals surface area contributed by atoms with Gasteiger partial charge in [-0.2, -0.15) is 0 Å². The Morgan fingerprint density at radius 1 is 0.730 bits per heavy atom. The number of Topliss-reactive ketones (excluding diaryl/α,β-unsaturated/α-hetero) is 1. The van der Waals surface area contributed by atoms with E-state index in [1.165, 1.54) is 0 Å². The fraction of sp³-hybridized carbons (Fsp3) is 0.156. The highest BCUT2D eigenvalue weighted by molar-refractivity contribution is 6.11. The van der Waals surface area contributed by atoms with Gasteiger partial charge in [-0.1, -0.05) is 66.6 Å². The van der Waals surface area contributed by atoms with Gasteiger partial charge in [-0.15, -0.1) is 0 Å². The van der Waals surface area contributed by atoms with Gasteiger partial charge < -0.3 is 18.9 Å². The SMILES string of the molecule is COc1ccc(C#CC(=O)c2ccc(OCc3ccccc3)cc2OCc2ccccc2)c(OC)c1C. The number of carbonyl (C=O) groups excluding carboxylic acids is 1. The summed E-state index contributed by atoms with van der Waals surface area (Å²) in [5, 5.41) is 0. The van der Waals surface area contributed by atoms with Crippen molar-refractivity contribution in [3.8, 4) is 34.8 Å². The third kappa shape index (κ3) is 6.50. The van der Waals surface area contributed by atoms with Gasteiger partial charge in [0.05, 0.1) is 25.3 Å². The number of hydrogen-bond acceptors (Lipinski definition) is 5. The van der Waals surface area contributed by atoms with Gasteiger partial charge in [0.2, 0.25) is 5.78 Å². The lowest BCUT2D eigenvalue weighted by molar-refractivity contribution is 0.105. The Morgan fingerprint density at radius 3 is 2.00 bits per heavy atom. The van der Waals surface area contributed by atoms with Gasteiger partial charge >= 0.3 is 0 Å². The molecule has 0 spiro atoms. The Balaban J connectivity index is 1.60. The fourth-order valence-corrected chi connectivity index (χ4v) is 3.82. The van der Waals surface area contributed by atoms with Crippen LogP contribution in [0.3, 0.4) is 0 Å².